The Balaban J connectivity index is 2.16. The maximum atomic E-state index is 6.00. The van der Waals surface area contributed by atoms with Gasteiger partial charge in [-0.25, -0.2) is 0 Å². The van der Waals surface area contributed by atoms with Crippen LogP contribution in [0.1, 0.15) is 11.7 Å². The molecule has 0 aliphatic carbocycles. The van der Waals surface area contributed by atoms with Crippen LogP contribution in [0, 0.1) is 5.92 Å². The second kappa shape index (κ2) is 6.15. The van der Waals surface area contributed by atoms with E-state index in [1.54, 1.807) is 7.11 Å². The Morgan fingerprint density at radius 1 is 1.35 bits per heavy atom. The van der Waals surface area contributed by atoms with Crippen molar-refractivity contribution in [1.82, 2.24) is 4.90 Å². The third-order valence-corrected chi connectivity index (χ3v) is 3.25. The Morgan fingerprint density at radius 2 is 2.12 bits per heavy atom. The van der Waals surface area contributed by atoms with E-state index in [9.17, 15) is 0 Å². The van der Waals surface area contributed by atoms with Crippen molar-refractivity contribution in [3.05, 3.63) is 35.9 Å². The lowest BCUT2D eigenvalue weighted by molar-refractivity contribution is 0.00219. The van der Waals surface area contributed by atoms with Crippen molar-refractivity contribution in [1.29, 1.82) is 0 Å². The topological polar surface area (TPSA) is 21.7 Å². The van der Waals surface area contributed by atoms with Gasteiger partial charge in [0.15, 0.2) is 0 Å². The highest BCUT2D eigenvalue weighted by molar-refractivity contribution is 5.18. The molecule has 1 heterocycles. The van der Waals surface area contributed by atoms with Crippen molar-refractivity contribution < 1.29 is 9.47 Å². The molecule has 94 valence electrons. The third kappa shape index (κ3) is 3.28. The minimum Gasteiger partial charge on any atom is -0.384 e. The number of methoxy groups -OCH3 is 1. The van der Waals surface area contributed by atoms with Crippen LogP contribution in [0.2, 0.25) is 0 Å². The van der Waals surface area contributed by atoms with Crippen molar-refractivity contribution in [2.24, 2.45) is 5.92 Å². The molecule has 1 saturated heterocycles. The minimum absolute atomic E-state index is 0.154. The summed E-state index contributed by atoms with van der Waals surface area (Å²) >= 11 is 0. The van der Waals surface area contributed by atoms with Gasteiger partial charge in [-0.05, 0) is 12.6 Å². The van der Waals surface area contributed by atoms with E-state index in [1.165, 1.54) is 5.56 Å². The van der Waals surface area contributed by atoms with Crippen LogP contribution in [0.4, 0.5) is 0 Å². The van der Waals surface area contributed by atoms with Crippen molar-refractivity contribution >= 4 is 0 Å². The van der Waals surface area contributed by atoms with Gasteiger partial charge in [0, 0.05) is 26.1 Å². The van der Waals surface area contributed by atoms with Crippen LogP contribution in [0.3, 0.4) is 0 Å². The predicted octanol–water partition coefficient (Wildman–Crippen LogP) is 1.95. The van der Waals surface area contributed by atoms with Gasteiger partial charge in [-0.3, -0.25) is 0 Å². The monoisotopic (exact) mass is 235 g/mol. The highest BCUT2D eigenvalue weighted by Crippen LogP contribution is 2.28. The van der Waals surface area contributed by atoms with Crippen molar-refractivity contribution in [3.63, 3.8) is 0 Å². The summed E-state index contributed by atoms with van der Waals surface area (Å²) in [6.45, 7) is 3.54. The molecule has 1 aliphatic heterocycles. The molecule has 0 spiro atoms. The van der Waals surface area contributed by atoms with Crippen molar-refractivity contribution in [2.75, 3.05) is 40.5 Å². The number of benzene rings is 1. The standard InChI is InChI=1S/C14H21NO2/c1-15-8-9-17-14(13(10-15)11-16-2)12-6-4-3-5-7-12/h3-7,13-14H,8-11H2,1-2H3/t13-,14+/m0/s1. The number of ether oxygens (including phenoxy) is 2. The number of likely N-dealkylation sites (N-methyl/N-ethyl adjacent to an activating group) is 1. The van der Waals surface area contributed by atoms with Gasteiger partial charge in [0.25, 0.3) is 0 Å². The smallest absolute Gasteiger partial charge is 0.0888 e. The van der Waals surface area contributed by atoms with Gasteiger partial charge in [0.1, 0.15) is 0 Å². The largest absolute Gasteiger partial charge is 0.384 e. The van der Waals surface area contributed by atoms with Crippen LogP contribution >= 0.6 is 0 Å². The molecule has 17 heavy (non-hydrogen) atoms. The highest BCUT2D eigenvalue weighted by atomic mass is 16.5. The molecule has 0 saturated carbocycles. The normalized spacial score (nSPS) is 26.7. The van der Waals surface area contributed by atoms with E-state index in [0.29, 0.717) is 5.92 Å². The average Bonchev–Trinajstić information content (AvgIpc) is 2.52. The molecule has 1 aromatic rings. The zero-order chi connectivity index (χ0) is 12.1. The SMILES string of the molecule is COC[C@@H]1CN(C)CCO[C@@H]1c1ccccc1. The molecule has 0 amide bonds. The summed E-state index contributed by atoms with van der Waals surface area (Å²) in [5.74, 6) is 0.398. The molecule has 3 nitrogen and oxygen atoms in total. The fourth-order valence-corrected chi connectivity index (χ4v) is 2.42. The first kappa shape index (κ1) is 12.6. The molecule has 0 bridgehead atoms. The molecular weight excluding hydrogens is 214 g/mol. The molecule has 2 rings (SSSR count). The first-order valence-electron chi connectivity index (χ1n) is 6.15. The Kier molecular flexibility index (Phi) is 4.54. The molecule has 0 aromatic heterocycles. The van der Waals surface area contributed by atoms with Crippen LogP contribution in [-0.4, -0.2) is 45.4 Å². The first-order valence-corrected chi connectivity index (χ1v) is 6.15. The third-order valence-electron chi connectivity index (χ3n) is 3.25. The van der Waals surface area contributed by atoms with E-state index in [0.717, 1.165) is 26.3 Å². The molecule has 0 radical (unpaired) electrons. The van der Waals surface area contributed by atoms with Crippen molar-refractivity contribution in [3.8, 4) is 0 Å². The Morgan fingerprint density at radius 3 is 2.82 bits per heavy atom. The van der Waals surface area contributed by atoms with Crippen LogP contribution in [0.5, 0.6) is 0 Å². The minimum atomic E-state index is 0.154. The van der Waals surface area contributed by atoms with Crippen LogP contribution in [0.15, 0.2) is 30.3 Å². The van der Waals surface area contributed by atoms with Gasteiger partial charge in [0.05, 0.1) is 19.3 Å². The number of hydrogen-bond donors (Lipinski definition) is 0. The van der Waals surface area contributed by atoms with E-state index in [-0.39, 0.29) is 6.10 Å². The van der Waals surface area contributed by atoms with Gasteiger partial charge in [-0.2, -0.15) is 0 Å². The fraction of sp³-hybridized carbons (Fsp3) is 0.571. The molecule has 0 unspecified atom stereocenters. The summed E-state index contributed by atoms with van der Waals surface area (Å²) in [4.78, 5) is 2.31. The lowest BCUT2D eigenvalue weighted by Gasteiger charge is -2.25. The van der Waals surface area contributed by atoms with Crippen molar-refractivity contribution in [2.45, 2.75) is 6.10 Å². The summed E-state index contributed by atoms with van der Waals surface area (Å²) in [7, 11) is 3.90. The lowest BCUT2D eigenvalue weighted by Crippen LogP contribution is -2.29. The van der Waals surface area contributed by atoms with E-state index in [2.05, 4.69) is 36.2 Å². The summed E-state index contributed by atoms with van der Waals surface area (Å²) in [5.41, 5.74) is 1.25. The second-order valence-corrected chi connectivity index (χ2v) is 4.68. The molecule has 1 aliphatic rings. The molecule has 1 fully saturated rings. The summed E-state index contributed by atoms with van der Waals surface area (Å²) in [6.07, 6.45) is 0.154. The molecule has 0 N–H and O–H groups in total. The zero-order valence-electron chi connectivity index (χ0n) is 10.6. The maximum absolute atomic E-state index is 6.00. The molecule has 3 heteroatoms. The first-order chi connectivity index (χ1) is 8.31. The van der Waals surface area contributed by atoms with Gasteiger partial charge in [0.2, 0.25) is 0 Å². The van der Waals surface area contributed by atoms with Gasteiger partial charge < -0.3 is 14.4 Å². The van der Waals surface area contributed by atoms with Gasteiger partial charge >= 0.3 is 0 Å². The average molecular weight is 235 g/mol. The predicted molar refractivity (Wildman–Crippen MR) is 68.0 cm³/mol. The van der Waals surface area contributed by atoms with Gasteiger partial charge in [-0.1, -0.05) is 30.3 Å². The van der Waals surface area contributed by atoms with E-state index in [4.69, 9.17) is 9.47 Å². The zero-order valence-corrected chi connectivity index (χ0v) is 10.6. The summed E-state index contributed by atoms with van der Waals surface area (Å²) in [6, 6.07) is 10.4. The summed E-state index contributed by atoms with van der Waals surface area (Å²) < 4.78 is 11.3. The summed E-state index contributed by atoms with van der Waals surface area (Å²) in [5, 5.41) is 0. The molecule has 1 aromatic carbocycles. The Labute approximate surface area is 103 Å². The van der Waals surface area contributed by atoms with E-state index in [1.807, 2.05) is 6.07 Å². The Bertz CT molecular complexity index is 328. The number of hydrogen-bond acceptors (Lipinski definition) is 3. The number of nitrogens with zero attached hydrogens (tertiary/aromatic N) is 1. The highest BCUT2D eigenvalue weighted by Gasteiger charge is 2.27. The van der Waals surface area contributed by atoms with Crippen LogP contribution < -0.4 is 0 Å². The quantitative estimate of drug-likeness (QED) is 0.799. The number of rotatable bonds is 3. The van der Waals surface area contributed by atoms with Crippen LogP contribution in [0.25, 0.3) is 0 Å². The van der Waals surface area contributed by atoms with E-state index >= 15 is 0 Å². The molecular formula is C14H21NO2. The lowest BCUT2D eigenvalue weighted by atomic mass is 9.96. The molecule has 2 atom stereocenters. The fourth-order valence-electron chi connectivity index (χ4n) is 2.42. The Hall–Kier alpha value is -0.900. The van der Waals surface area contributed by atoms with E-state index < -0.39 is 0 Å². The second-order valence-electron chi connectivity index (χ2n) is 4.68. The van der Waals surface area contributed by atoms with Crippen LogP contribution in [-0.2, 0) is 9.47 Å². The van der Waals surface area contributed by atoms with Gasteiger partial charge in [-0.15, -0.1) is 0 Å². The maximum Gasteiger partial charge on any atom is 0.0888 e.